The van der Waals surface area contributed by atoms with Crippen molar-refractivity contribution >= 4 is 29.1 Å². The smallest absolute Gasteiger partial charge is 0.229 e. The fourth-order valence-corrected chi connectivity index (χ4v) is 2.39. The van der Waals surface area contributed by atoms with Gasteiger partial charge in [0.1, 0.15) is 4.33 Å². The fraction of sp³-hybridized carbons (Fsp3) is 0.909. The van der Waals surface area contributed by atoms with E-state index in [0.717, 1.165) is 0 Å². The number of carbonyl (C=O) groups excluding carboxylic acids is 1. The van der Waals surface area contributed by atoms with Crippen molar-refractivity contribution in [2.45, 2.75) is 44.0 Å². The largest absolute Gasteiger partial charge is 0.396 e. The van der Waals surface area contributed by atoms with Crippen molar-refractivity contribution in [3.63, 3.8) is 0 Å². The molecule has 16 heavy (non-hydrogen) atoms. The van der Waals surface area contributed by atoms with E-state index in [0.29, 0.717) is 12.8 Å². The Labute approximate surface area is 106 Å². The van der Waals surface area contributed by atoms with Gasteiger partial charge in [0.15, 0.2) is 0 Å². The molecule has 2 N–H and O–H groups in total. The van der Waals surface area contributed by atoms with Gasteiger partial charge in [-0.1, -0.05) is 13.8 Å². The van der Waals surface area contributed by atoms with Crippen molar-refractivity contribution in [2.75, 3.05) is 6.61 Å². The second-order valence-electron chi connectivity index (χ2n) is 5.05. The molecule has 2 unspecified atom stereocenters. The van der Waals surface area contributed by atoms with E-state index in [1.54, 1.807) is 6.92 Å². The molecule has 0 aromatic carbocycles. The monoisotopic (exact) mass is 267 g/mol. The highest BCUT2D eigenvalue weighted by atomic mass is 35.5. The second kappa shape index (κ2) is 4.71. The second-order valence-corrected chi connectivity index (χ2v) is 6.53. The molecule has 1 fully saturated rings. The maximum absolute atomic E-state index is 12.0. The predicted molar refractivity (Wildman–Crippen MR) is 65.6 cm³/mol. The van der Waals surface area contributed by atoms with Crippen molar-refractivity contribution < 1.29 is 9.90 Å². The topological polar surface area (TPSA) is 49.3 Å². The van der Waals surface area contributed by atoms with E-state index in [4.69, 9.17) is 28.3 Å². The minimum Gasteiger partial charge on any atom is -0.396 e. The van der Waals surface area contributed by atoms with Gasteiger partial charge < -0.3 is 10.4 Å². The first-order valence-electron chi connectivity index (χ1n) is 5.54. The highest BCUT2D eigenvalue weighted by molar-refractivity contribution is 6.53. The van der Waals surface area contributed by atoms with Crippen LogP contribution in [0, 0.1) is 11.3 Å². The van der Waals surface area contributed by atoms with E-state index in [1.165, 1.54) is 0 Å². The van der Waals surface area contributed by atoms with Crippen molar-refractivity contribution in [3.05, 3.63) is 0 Å². The van der Waals surface area contributed by atoms with Gasteiger partial charge in [0.05, 0.1) is 5.41 Å². The third-order valence-electron chi connectivity index (χ3n) is 3.32. The molecule has 1 rings (SSSR count). The van der Waals surface area contributed by atoms with Crippen LogP contribution in [0.1, 0.15) is 33.6 Å². The van der Waals surface area contributed by atoms with E-state index < -0.39 is 9.75 Å². The zero-order valence-corrected chi connectivity index (χ0v) is 11.4. The van der Waals surface area contributed by atoms with Crippen LogP contribution in [0.2, 0.25) is 0 Å². The van der Waals surface area contributed by atoms with Gasteiger partial charge in [0.2, 0.25) is 5.91 Å². The first-order valence-corrected chi connectivity index (χ1v) is 6.30. The summed E-state index contributed by atoms with van der Waals surface area (Å²) in [5.41, 5.74) is -0.682. The normalized spacial score (nSPS) is 28.9. The summed E-state index contributed by atoms with van der Waals surface area (Å²) < 4.78 is -0.933. The third kappa shape index (κ3) is 2.63. The fourth-order valence-electron chi connectivity index (χ4n) is 1.69. The lowest BCUT2D eigenvalue weighted by Crippen LogP contribution is -2.43. The summed E-state index contributed by atoms with van der Waals surface area (Å²) in [6.45, 7) is 5.83. The maximum Gasteiger partial charge on any atom is 0.229 e. The molecule has 1 saturated carbocycles. The molecule has 0 saturated heterocycles. The number of rotatable bonds is 5. The Hall–Kier alpha value is 0.01000. The molecule has 0 bridgehead atoms. The maximum atomic E-state index is 12.0. The first-order chi connectivity index (χ1) is 7.24. The number of aliphatic hydroxyl groups excluding tert-OH is 1. The molecule has 1 amide bonds. The van der Waals surface area contributed by atoms with Gasteiger partial charge in [0, 0.05) is 12.6 Å². The summed E-state index contributed by atoms with van der Waals surface area (Å²) in [5, 5.41) is 11.8. The summed E-state index contributed by atoms with van der Waals surface area (Å²) in [6.07, 6.45) is 1.04. The van der Waals surface area contributed by atoms with E-state index in [9.17, 15) is 4.79 Å². The summed E-state index contributed by atoms with van der Waals surface area (Å²) in [4.78, 5) is 12.0. The Bertz CT molecular complexity index is 281. The molecule has 94 valence electrons. The van der Waals surface area contributed by atoms with E-state index >= 15 is 0 Å². The molecule has 1 aliphatic rings. The van der Waals surface area contributed by atoms with E-state index in [-0.39, 0.29) is 24.5 Å². The number of amides is 1. The van der Waals surface area contributed by atoms with Crippen LogP contribution < -0.4 is 5.32 Å². The zero-order valence-electron chi connectivity index (χ0n) is 9.89. The lowest BCUT2D eigenvalue weighted by Gasteiger charge is -2.24. The van der Waals surface area contributed by atoms with Crippen molar-refractivity contribution in [2.24, 2.45) is 11.3 Å². The Kier molecular flexibility index (Phi) is 4.14. The van der Waals surface area contributed by atoms with Gasteiger partial charge in [-0.05, 0) is 25.7 Å². The van der Waals surface area contributed by atoms with Gasteiger partial charge in [-0.15, -0.1) is 23.2 Å². The van der Waals surface area contributed by atoms with Crippen molar-refractivity contribution in [3.8, 4) is 0 Å². The van der Waals surface area contributed by atoms with Crippen LogP contribution in [0.4, 0.5) is 0 Å². The van der Waals surface area contributed by atoms with Crippen LogP contribution in [0.25, 0.3) is 0 Å². The van der Waals surface area contributed by atoms with Crippen LogP contribution in [0.15, 0.2) is 0 Å². The lowest BCUT2D eigenvalue weighted by molar-refractivity contribution is -0.126. The van der Waals surface area contributed by atoms with Gasteiger partial charge >= 0.3 is 0 Å². The summed E-state index contributed by atoms with van der Waals surface area (Å²) >= 11 is 11.9. The molecule has 3 nitrogen and oxygen atoms in total. The standard InChI is InChI=1S/C11H19Cl2NO2/c1-7(2)8(4-5-15)14-9(16)10(3)6-11(10,12)13/h7-8,15H,4-6H2,1-3H3,(H,14,16). The number of hydrogen-bond donors (Lipinski definition) is 2. The van der Waals surface area contributed by atoms with Crippen LogP contribution in [-0.4, -0.2) is 28.0 Å². The molecule has 0 aromatic heterocycles. The Balaban J connectivity index is 2.57. The number of nitrogens with one attached hydrogen (secondary N) is 1. The molecule has 5 heteroatoms. The third-order valence-corrected chi connectivity index (χ3v) is 4.42. The van der Waals surface area contributed by atoms with E-state index in [2.05, 4.69) is 5.32 Å². The number of aliphatic hydroxyl groups is 1. The molecule has 2 atom stereocenters. The number of alkyl halides is 2. The molecule has 0 radical (unpaired) electrons. The molecule has 1 aliphatic carbocycles. The Morgan fingerprint density at radius 1 is 1.50 bits per heavy atom. The van der Waals surface area contributed by atoms with Crippen molar-refractivity contribution in [1.82, 2.24) is 5.32 Å². The summed E-state index contributed by atoms with van der Waals surface area (Å²) in [7, 11) is 0. The van der Waals surface area contributed by atoms with Crippen LogP contribution in [-0.2, 0) is 4.79 Å². The molecule has 0 aromatic rings. The quantitative estimate of drug-likeness (QED) is 0.750. The predicted octanol–water partition coefficient (Wildman–Crippen LogP) is 2.09. The highest BCUT2D eigenvalue weighted by Gasteiger charge is 2.68. The average Bonchev–Trinajstić information content (AvgIpc) is 2.66. The van der Waals surface area contributed by atoms with Crippen LogP contribution >= 0.6 is 23.2 Å². The van der Waals surface area contributed by atoms with Gasteiger partial charge in [0.25, 0.3) is 0 Å². The van der Waals surface area contributed by atoms with Gasteiger partial charge in [-0.25, -0.2) is 0 Å². The van der Waals surface area contributed by atoms with E-state index in [1.807, 2.05) is 13.8 Å². The minimum atomic E-state index is -0.933. The van der Waals surface area contributed by atoms with Crippen molar-refractivity contribution in [1.29, 1.82) is 0 Å². The van der Waals surface area contributed by atoms with Crippen LogP contribution in [0.3, 0.4) is 0 Å². The molecular weight excluding hydrogens is 249 g/mol. The Morgan fingerprint density at radius 2 is 2.00 bits per heavy atom. The average molecular weight is 268 g/mol. The number of hydrogen-bond acceptors (Lipinski definition) is 2. The SMILES string of the molecule is CC(C)C(CCO)NC(=O)C1(C)CC1(Cl)Cl. The lowest BCUT2D eigenvalue weighted by atomic mass is 9.99. The molecule has 0 spiro atoms. The summed E-state index contributed by atoms with van der Waals surface area (Å²) in [5.74, 6) is 0.156. The van der Waals surface area contributed by atoms with Gasteiger partial charge in [-0.3, -0.25) is 4.79 Å². The van der Waals surface area contributed by atoms with Gasteiger partial charge in [-0.2, -0.15) is 0 Å². The number of carbonyl (C=O) groups is 1. The Morgan fingerprint density at radius 3 is 2.31 bits per heavy atom. The molecular formula is C11H19Cl2NO2. The first kappa shape index (κ1) is 14.1. The molecule has 0 aliphatic heterocycles. The minimum absolute atomic E-state index is 0.0286. The highest BCUT2D eigenvalue weighted by Crippen LogP contribution is 2.63. The summed E-state index contributed by atoms with van der Waals surface area (Å²) in [6, 6.07) is -0.0286. The molecule has 0 heterocycles. The number of halogens is 2. The van der Waals surface area contributed by atoms with Crippen LogP contribution in [0.5, 0.6) is 0 Å². The zero-order chi connectivity index (χ0) is 12.6.